The zero-order chi connectivity index (χ0) is 17.8. The van der Waals surface area contributed by atoms with Crippen LogP contribution in [0.2, 0.25) is 0 Å². The molecule has 12 heteroatoms. The van der Waals surface area contributed by atoms with Gasteiger partial charge in [-0.2, -0.15) is 21.6 Å². The predicted octanol–water partition coefficient (Wildman–Crippen LogP) is 2.00. The predicted molar refractivity (Wildman–Crippen MR) is 72.6 cm³/mol. The Morgan fingerprint density at radius 2 is 1.73 bits per heavy atom. The lowest BCUT2D eigenvalue weighted by Gasteiger charge is -2.14. The van der Waals surface area contributed by atoms with Crippen LogP contribution in [0.3, 0.4) is 0 Å². The second-order valence-corrected chi connectivity index (χ2v) is 8.49. The van der Waals surface area contributed by atoms with Gasteiger partial charge in [-0.15, -0.1) is 0 Å². The maximum atomic E-state index is 12.0. The van der Waals surface area contributed by atoms with Crippen molar-refractivity contribution >= 4 is 26.0 Å². The van der Waals surface area contributed by atoms with E-state index >= 15 is 0 Å². The van der Waals surface area contributed by atoms with E-state index in [9.17, 15) is 30.6 Å². The molecule has 2 unspecified atom stereocenters. The molecule has 0 aromatic heterocycles. The minimum absolute atomic E-state index is 0.0153. The van der Waals surface area contributed by atoms with Crippen molar-refractivity contribution in [3.8, 4) is 0 Å². The molecular weight excluding hydrogens is 351 g/mol. The molecule has 0 bridgehead atoms. The first-order valence-electron chi connectivity index (χ1n) is 6.16. The van der Waals surface area contributed by atoms with Gasteiger partial charge in [-0.25, -0.2) is 4.21 Å². The molecule has 0 aromatic rings. The van der Waals surface area contributed by atoms with Gasteiger partial charge in [0, 0.05) is 0 Å². The minimum atomic E-state index is -6.04. The molecule has 0 amide bonds. The summed E-state index contributed by atoms with van der Waals surface area (Å²) in [5.41, 5.74) is -5.74. The lowest BCUT2D eigenvalue weighted by molar-refractivity contribution is -0.149. The Labute approximate surface area is 127 Å². The highest BCUT2D eigenvalue weighted by Gasteiger charge is 2.47. The standard InChI is InChI=1S/C10H18F3NO6S2/c1-7(2)8(3)9(15)20-5-4-6-21(16,17)14-22(18,19)10(11,12)13/h7-8H,4-6H2,1-3H3,(H,14,16,17). The third-order valence-corrected chi connectivity index (χ3v) is 5.80. The molecule has 0 spiro atoms. The van der Waals surface area contributed by atoms with Crippen LogP contribution in [0.25, 0.3) is 0 Å². The van der Waals surface area contributed by atoms with Gasteiger partial charge >= 0.3 is 21.5 Å². The van der Waals surface area contributed by atoms with Gasteiger partial charge < -0.3 is 4.74 Å². The molecular formula is C10H18F3NO6S2. The maximum absolute atomic E-state index is 12.0. The Morgan fingerprint density at radius 3 is 2.14 bits per heavy atom. The van der Waals surface area contributed by atoms with Gasteiger partial charge in [-0.3, -0.25) is 9.35 Å². The topological polar surface area (TPSA) is 110 Å². The van der Waals surface area contributed by atoms with Gasteiger partial charge in [0.1, 0.15) is 0 Å². The molecule has 7 nitrogen and oxygen atoms in total. The van der Waals surface area contributed by atoms with Crippen LogP contribution in [0, 0.1) is 11.8 Å². The van der Waals surface area contributed by atoms with E-state index in [1.54, 1.807) is 20.8 Å². The number of esters is 1. The van der Waals surface area contributed by atoms with E-state index in [1.165, 1.54) is 0 Å². The van der Waals surface area contributed by atoms with Crippen molar-refractivity contribution in [3.63, 3.8) is 0 Å². The Hall–Kier alpha value is -0.880. The highest BCUT2D eigenvalue weighted by molar-refractivity contribution is 8.01. The monoisotopic (exact) mass is 369 g/mol. The number of ether oxygens (including phenoxy) is 1. The van der Waals surface area contributed by atoms with E-state index in [4.69, 9.17) is 9.29 Å². The van der Waals surface area contributed by atoms with E-state index in [2.05, 4.69) is 0 Å². The average molecular weight is 369 g/mol. The van der Waals surface area contributed by atoms with Crippen LogP contribution >= 0.6 is 0 Å². The molecule has 0 aliphatic rings. The summed E-state index contributed by atoms with van der Waals surface area (Å²) in [6.45, 7) is 4.86. The lowest BCUT2D eigenvalue weighted by atomic mass is 9.99. The first-order valence-corrected chi connectivity index (χ1v) is 9.24. The maximum Gasteiger partial charge on any atom is 0.519 e. The summed E-state index contributed by atoms with van der Waals surface area (Å²) in [5, 5.41) is 0. The molecule has 0 aliphatic carbocycles. The fraction of sp³-hybridized carbons (Fsp3) is 0.900. The molecule has 1 N–H and O–H groups in total. The number of nitrogens with zero attached hydrogens (tertiary/aromatic N) is 1. The van der Waals surface area contributed by atoms with Crippen LogP contribution in [-0.4, -0.2) is 41.0 Å². The molecule has 0 saturated carbocycles. The van der Waals surface area contributed by atoms with E-state index in [-0.39, 0.29) is 18.9 Å². The third kappa shape index (κ3) is 6.92. The normalized spacial score (nSPS) is 16.9. The van der Waals surface area contributed by atoms with Gasteiger partial charge in [0.2, 0.25) is 0 Å². The first kappa shape index (κ1) is 21.1. The molecule has 132 valence electrons. The third-order valence-electron chi connectivity index (χ3n) is 2.68. The Balaban J connectivity index is 4.61. The van der Waals surface area contributed by atoms with Crippen molar-refractivity contribution in [2.45, 2.75) is 32.7 Å². The molecule has 0 aromatic carbocycles. The van der Waals surface area contributed by atoms with E-state index in [0.29, 0.717) is 0 Å². The van der Waals surface area contributed by atoms with Crippen molar-refractivity contribution in [2.24, 2.45) is 15.6 Å². The Morgan fingerprint density at radius 1 is 1.23 bits per heavy atom. The SMILES string of the molecule is CC(C)C(C)C(=O)OCCCS(=O)(O)=NS(=O)(=O)C(F)(F)F. The van der Waals surface area contributed by atoms with Gasteiger partial charge in [0.05, 0.1) is 18.3 Å². The smallest absolute Gasteiger partial charge is 0.465 e. The lowest BCUT2D eigenvalue weighted by Crippen LogP contribution is -2.23. The highest BCUT2D eigenvalue weighted by Crippen LogP contribution is 2.25. The largest absolute Gasteiger partial charge is 0.519 e. The molecule has 0 radical (unpaired) electrons. The molecule has 0 fully saturated rings. The zero-order valence-electron chi connectivity index (χ0n) is 12.2. The Bertz CT molecular complexity index is 605. The van der Waals surface area contributed by atoms with Gasteiger partial charge in [-0.1, -0.05) is 24.5 Å². The summed E-state index contributed by atoms with van der Waals surface area (Å²) in [4.78, 5) is 11.4. The number of halogens is 3. The fourth-order valence-corrected chi connectivity index (χ4v) is 3.41. The summed E-state index contributed by atoms with van der Waals surface area (Å²) < 4.78 is 84.6. The first-order chi connectivity index (χ1) is 9.69. The van der Waals surface area contributed by atoms with Crippen LogP contribution in [0.4, 0.5) is 13.2 Å². The van der Waals surface area contributed by atoms with Gasteiger partial charge in [0.15, 0.2) is 10.0 Å². The second kappa shape index (κ2) is 7.59. The minimum Gasteiger partial charge on any atom is -0.465 e. The number of carbonyl (C=O) groups is 1. The fourth-order valence-electron chi connectivity index (χ4n) is 1.06. The van der Waals surface area contributed by atoms with E-state index < -0.39 is 43.2 Å². The molecule has 0 saturated heterocycles. The van der Waals surface area contributed by atoms with Crippen LogP contribution in [0.1, 0.15) is 27.2 Å². The van der Waals surface area contributed by atoms with Crippen molar-refractivity contribution in [1.82, 2.24) is 0 Å². The molecule has 0 aliphatic heterocycles. The summed E-state index contributed by atoms with van der Waals surface area (Å²) in [6, 6.07) is 0. The van der Waals surface area contributed by atoms with E-state index in [0.717, 1.165) is 0 Å². The van der Waals surface area contributed by atoms with E-state index in [1.807, 2.05) is 3.77 Å². The van der Waals surface area contributed by atoms with Crippen LogP contribution in [0.5, 0.6) is 0 Å². The Kier molecular flexibility index (Phi) is 7.29. The number of hydrogen-bond acceptors (Lipinski definition) is 5. The summed E-state index contributed by atoms with van der Waals surface area (Å²) >= 11 is 0. The summed E-state index contributed by atoms with van der Waals surface area (Å²) in [7, 11) is -10.6. The number of alkyl halides is 3. The molecule has 0 heterocycles. The van der Waals surface area contributed by atoms with Crippen LogP contribution in [-0.2, 0) is 29.6 Å². The van der Waals surface area contributed by atoms with Crippen LogP contribution in [0.15, 0.2) is 3.77 Å². The zero-order valence-corrected chi connectivity index (χ0v) is 13.8. The van der Waals surface area contributed by atoms with Crippen LogP contribution < -0.4 is 0 Å². The number of rotatable bonds is 7. The molecule has 22 heavy (non-hydrogen) atoms. The summed E-state index contributed by atoms with van der Waals surface area (Å²) in [6.07, 6.45) is -0.303. The van der Waals surface area contributed by atoms with Gasteiger partial charge in [-0.05, 0) is 12.3 Å². The quantitative estimate of drug-likeness (QED) is 0.543. The average Bonchev–Trinajstić information content (AvgIpc) is 2.30. The highest BCUT2D eigenvalue weighted by atomic mass is 32.3. The van der Waals surface area contributed by atoms with Crippen molar-refractivity contribution in [2.75, 3.05) is 12.4 Å². The van der Waals surface area contributed by atoms with Crippen molar-refractivity contribution < 1.29 is 39.9 Å². The molecule has 2 atom stereocenters. The number of carbonyl (C=O) groups excluding carboxylic acids is 1. The number of hydrogen-bond donors (Lipinski definition) is 1. The molecule has 0 rings (SSSR count). The van der Waals surface area contributed by atoms with Crippen molar-refractivity contribution in [3.05, 3.63) is 0 Å². The summed E-state index contributed by atoms with van der Waals surface area (Å²) in [5.74, 6) is -1.82. The van der Waals surface area contributed by atoms with Gasteiger partial charge in [0.25, 0.3) is 0 Å². The number of sulfonamides is 1. The second-order valence-electron chi connectivity index (χ2n) is 4.86. The van der Waals surface area contributed by atoms with Crippen molar-refractivity contribution in [1.29, 1.82) is 0 Å².